The summed E-state index contributed by atoms with van der Waals surface area (Å²) in [7, 11) is 0. The molecule has 3 unspecified atom stereocenters. The molecule has 1 amide bonds. The monoisotopic (exact) mass is 397 g/mol. The van der Waals surface area contributed by atoms with Crippen molar-refractivity contribution < 1.29 is 19.8 Å². The second-order valence-electron chi connectivity index (χ2n) is 8.15. The van der Waals surface area contributed by atoms with Crippen LogP contribution < -0.4 is 5.32 Å². The number of benzene rings is 2. The van der Waals surface area contributed by atoms with E-state index in [9.17, 15) is 19.8 Å². The Balaban J connectivity index is 2.03. The number of rotatable bonds is 11. The maximum atomic E-state index is 12.7. The minimum Gasteiger partial charge on any atom is -0.393 e. The third kappa shape index (κ3) is 8.59. The maximum absolute atomic E-state index is 12.7. The van der Waals surface area contributed by atoms with E-state index < -0.39 is 17.7 Å². The molecule has 5 heteroatoms. The molecule has 0 bridgehead atoms. The van der Waals surface area contributed by atoms with Gasteiger partial charge in [0, 0.05) is 11.8 Å². The van der Waals surface area contributed by atoms with Crippen LogP contribution in [-0.2, 0) is 22.4 Å². The molecule has 0 fully saturated rings. The predicted octanol–water partition coefficient (Wildman–Crippen LogP) is 2.89. The summed E-state index contributed by atoms with van der Waals surface area (Å²) in [6.45, 7) is 3.01. The molecule has 156 valence electrons. The summed E-state index contributed by atoms with van der Waals surface area (Å²) in [5, 5.41) is 23.2. The van der Waals surface area contributed by atoms with Crippen LogP contribution in [0.25, 0.3) is 0 Å². The molecular formula is C24H31NO4. The lowest BCUT2D eigenvalue weighted by Gasteiger charge is -2.26. The van der Waals surface area contributed by atoms with Crippen molar-refractivity contribution in [3.05, 3.63) is 71.8 Å². The van der Waals surface area contributed by atoms with Gasteiger partial charge in [-0.1, -0.05) is 60.7 Å². The SMILES string of the molecule is CC(C)(O)NC(=O)C(Cc1ccccc1)CC(O)CC(C=O)Cc1ccccc1. The highest BCUT2D eigenvalue weighted by atomic mass is 16.3. The fourth-order valence-electron chi connectivity index (χ4n) is 3.46. The van der Waals surface area contributed by atoms with Crippen LogP contribution in [0.15, 0.2) is 60.7 Å². The van der Waals surface area contributed by atoms with Gasteiger partial charge < -0.3 is 20.3 Å². The number of hydrogen-bond acceptors (Lipinski definition) is 4. The predicted molar refractivity (Wildman–Crippen MR) is 113 cm³/mol. The number of carbonyl (C=O) groups is 2. The molecule has 29 heavy (non-hydrogen) atoms. The zero-order chi connectivity index (χ0) is 21.3. The molecule has 3 atom stereocenters. The molecule has 2 rings (SSSR count). The van der Waals surface area contributed by atoms with Crippen LogP contribution in [0, 0.1) is 11.8 Å². The van der Waals surface area contributed by atoms with Crippen LogP contribution in [0.2, 0.25) is 0 Å². The summed E-state index contributed by atoms with van der Waals surface area (Å²) in [5.74, 6) is -1.14. The Labute approximate surface area is 172 Å². The van der Waals surface area contributed by atoms with Crippen LogP contribution in [0.5, 0.6) is 0 Å². The lowest BCUT2D eigenvalue weighted by molar-refractivity contribution is -0.132. The molecular weight excluding hydrogens is 366 g/mol. The lowest BCUT2D eigenvalue weighted by atomic mass is 9.87. The molecule has 0 spiro atoms. The zero-order valence-electron chi connectivity index (χ0n) is 17.1. The molecule has 2 aromatic rings. The van der Waals surface area contributed by atoms with E-state index in [1.54, 1.807) is 0 Å². The first kappa shape index (κ1) is 22.8. The summed E-state index contributed by atoms with van der Waals surface area (Å²) < 4.78 is 0. The molecule has 0 radical (unpaired) electrons. The summed E-state index contributed by atoms with van der Waals surface area (Å²) >= 11 is 0. The van der Waals surface area contributed by atoms with Crippen molar-refractivity contribution in [1.82, 2.24) is 5.32 Å². The first-order chi connectivity index (χ1) is 13.8. The van der Waals surface area contributed by atoms with E-state index in [4.69, 9.17) is 0 Å². The van der Waals surface area contributed by atoms with E-state index in [-0.39, 0.29) is 18.2 Å². The Hall–Kier alpha value is -2.50. The topological polar surface area (TPSA) is 86.6 Å². The Morgan fingerprint density at radius 1 is 0.966 bits per heavy atom. The smallest absolute Gasteiger partial charge is 0.225 e. The summed E-state index contributed by atoms with van der Waals surface area (Å²) in [6.07, 6.45) is 1.59. The molecule has 5 nitrogen and oxygen atoms in total. The molecule has 0 saturated carbocycles. The van der Waals surface area contributed by atoms with Crippen LogP contribution >= 0.6 is 0 Å². The van der Waals surface area contributed by atoms with Crippen LogP contribution in [0.4, 0.5) is 0 Å². The van der Waals surface area contributed by atoms with Gasteiger partial charge in [-0.25, -0.2) is 0 Å². The fraction of sp³-hybridized carbons (Fsp3) is 0.417. The third-order valence-corrected chi connectivity index (χ3v) is 4.79. The molecule has 3 N–H and O–H groups in total. The van der Waals surface area contributed by atoms with E-state index >= 15 is 0 Å². The van der Waals surface area contributed by atoms with Gasteiger partial charge in [-0.15, -0.1) is 0 Å². The van der Waals surface area contributed by atoms with Crippen molar-refractivity contribution in [1.29, 1.82) is 0 Å². The molecule has 0 aromatic heterocycles. The van der Waals surface area contributed by atoms with E-state index in [1.165, 1.54) is 13.8 Å². The van der Waals surface area contributed by atoms with Gasteiger partial charge in [-0.3, -0.25) is 4.79 Å². The number of carbonyl (C=O) groups excluding carboxylic acids is 2. The third-order valence-electron chi connectivity index (χ3n) is 4.79. The van der Waals surface area contributed by atoms with Crippen molar-refractivity contribution >= 4 is 12.2 Å². The van der Waals surface area contributed by atoms with E-state index in [0.29, 0.717) is 19.3 Å². The molecule has 2 aromatic carbocycles. The normalized spacial score (nSPS) is 14.6. The van der Waals surface area contributed by atoms with Crippen molar-refractivity contribution in [2.24, 2.45) is 11.8 Å². The fourth-order valence-corrected chi connectivity index (χ4v) is 3.46. The van der Waals surface area contributed by atoms with Gasteiger partial charge in [-0.2, -0.15) is 0 Å². The average molecular weight is 398 g/mol. The van der Waals surface area contributed by atoms with Gasteiger partial charge in [0.25, 0.3) is 0 Å². The number of amides is 1. The standard InChI is InChI=1S/C24H31NO4/c1-24(2,29)25-23(28)21(14-19-11-7-4-8-12-19)16-22(27)15-20(17-26)13-18-9-5-3-6-10-18/h3-12,17,20-22,27,29H,13-16H2,1-2H3,(H,25,28). The van der Waals surface area contributed by atoms with Crippen LogP contribution in [0.3, 0.4) is 0 Å². The zero-order valence-corrected chi connectivity index (χ0v) is 17.1. The van der Waals surface area contributed by atoms with Gasteiger partial charge in [-0.05, 0) is 50.7 Å². The van der Waals surface area contributed by atoms with Crippen LogP contribution in [-0.4, -0.2) is 34.2 Å². The number of aldehydes is 1. The molecule has 0 heterocycles. The summed E-state index contributed by atoms with van der Waals surface area (Å²) in [4.78, 5) is 24.2. The Morgan fingerprint density at radius 2 is 1.48 bits per heavy atom. The second-order valence-corrected chi connectivity index (χ2v) is 8.15. The Bertz CT molecular complexity index is 755. The van der Waals surface area contributed by atoms with Crippen LogP contribution in [0.1, 0.15) is 37.8 Å². The number of nitrogens with one attached hydrogen (secondary N) is 1. The molecule has 0 aliphatic carbocycles. The summed E-state index contributed by atoms with van der Waals surface area (Å²) in [5.41, 5.74) is 0.680. The van der Waals surface area contributed by atoms with Crippen molar-refractivity contribution in [3.63, 3.8) is 0 Å². The van der Waals surface area contributed by atoms with Gasteiger partial charge in [0.05, 0.1) is 6.10 Å². The van der Waals surface area contributed by atoms with Crippen molar-refractivity contribution in [3.8, 4) is 0 Å². The molecule has 0 aliphatic rings. The first-order valence-corrected chi connectivity index (χ1v) is 10.0. The summed E-state index contributed by atoms with van der Waals surface area (Å²) in [6, 6.07) is 19.2. The van der Waals surface area contributed by atoms with Gasteiger partial charge in [0.15, 0.2) is 0 Å². The highest BCUT2D eigenvalue weighted by Crippen LogP contribution is 2.21. The molecule has 0 saturated heterocycles. The maximum Gasteiger partial charge on any atom is 0.225 e. The van der Waals surface area contributed by atoms with Crippen molar-refractivity contribution in [2.75, 3.05) is 0 Å². The number of hydrogen-bond donors (Lipinski definition) is 3. The minimum atomic E-state index is -1.34. The number of aliphatic hydroxyl groups is 2. The highest BCUT2D eigenvalue weighted by molar-refractivity contribution is 5.79. The number of aliphatic hydroxyl groups excluding tert-OH is 1. The van der Waals surface area contributed by atoms with E-state index in [1.807, 2.05) is 60.7 Å². The van der Waals surface area contributed by atoms with E-state index in [2.05, 4.69) is 5.32 Å². The highest BCUT2D eigenvalue weighted by Gasteiger charge is 2.27. The first-order valence-electron chi connectivity index (χ1n) is 10.0. The minimum absolute atomic E-state index is 0.218. The largest absolute Gasteiger partial charge is 0.393 e. The van der Waals surface area contributed by atoms with E-state index in [0.717, 1.165) is 17.4 Å². The lowest BCUT2D eigenvalue weighted by Crippen LogP contribution is -2.47. The van der Waals surface area contributed by atoms with Gasteiger partial charge in [0.1, 0.15) is 12.0 Å². The average Bonchev–Trinajstić information content (AvgIpc) is 2.67. The quantitative estimate of drug-likeness (QED) is 0.402. The Kier molecular flexibility index (Phi) is 8.55. The molecule has 0 aliphatic heterocycles. The Morgan fingerprint density at radius 3 is 1.97 bits per heavy atom. The van der Waals surface area contributed by atoms with Crippen molar-refractivity contribution in [2.45, 2.75) is 51.4 Å². The second kappa shape index (κ2) is 10.9. The van der Waals surface area contributed by atoms with Gasteiger partial charge >= 0.3 is 0 Å². The van der Waals surface area contributed by atoms with Gasteiger partial charge in [0.2, 0.25) is 5.91 Å².